The number of carbonyl (C=O) groups is 1. The maximum atomic E-state index is 12.6. The van der Waals surface area contributed by atoms with Crippen molar-refractivity contribution in [3.63, 3.8) is 0 Å². The Balaban J connectivity index is 1.56. The number of likely N-dealkylation sites (tertiary alicyclic amines) is 1. The van der Waals surface area contributed by atoms with E-state index >= 15 is 0 Å². The molecule has 1 saturated heterocycles. The fourth-order valence-corrected chi connectivity index (χ4v) is 3.14. The molecule has 2 aromatic rings. The van der Waals surface area contributed by atoms with Crippen LogP contribution in [0.3, 0.4) is 0 Å². The predicted molar refractivity (Wildman–Crippen MR) is 105 cm³/mol. The lowest BCUT2D eigenvalue weighted by atomic mass is 10.1. The lowest BCUT2D eigenvalue weighted by Gasteiger charge is -2.32. The van der Waals surface area contributed by atoms with Gasteiger partial charge in [-0.25, -0.2) is 4.79 Å². The first-order chi connectivity index (χ1) is 13.7. The number of nitrogens with zero attached hydrogens (tertiary/aromatic N) is 3. The Kier molecular flexibility index (Phi) is 6.82. The molecule has 1 aliphatic heterocycles. The van der Waals surface area contributed by atoms with Crippen LogP contribution < -0.4 is 10.1 Å². The van der Waals surface area contributed by atoms with Crippen molar-refractivity contribution >= 4 is 11.7 Å². The van der Waals surface area contributed by atoms with Crippen molar-refractivity contribution in [1.29, 1.82) is 5.26 Å². The fraction of sp³-hybridized carbons (Fsp3) is 0.381. The third-order valence-corrected chi connectivity index (χ3v) is 4.52. The molecule has 1 atom stereocenters. The molecule has 1 N–H and O–H groups in total. The Hall–Kier alpha value is -3.11. The summed E-state index contributed by atoms with van der Waals surface area (Å²) in [5.41, 5.74) is 1.99. The molecule has 28 heavy (non-hydrogen) atoms. The monoisotopic (exact) mass is 380 g/mol. The highest BCUT2D eigenvalue weighted by atomic mass is 16.5. The Morgan fingerprint density at radius 3 is 3.07 bits per heavy atom. The van der Waals surface area contributed by atoms with Crippen molar-refractivity contribution in [3.8, 4) is 11.8 Å². The number of pyridine rings is 1. The van der Waals surface area contributed by atoms with Gasteiger partial charge in [0.25, 0.3) is 0 Å². The van der Waals surface area contributed by atoms with E-state index in [4.69, 9.17) is 9.47 Å². The highest BCUT2D eigenvalue weighted by Crippen LogP contribution is 2.23. The van der Waals surface area contributed by atoms with Gasteiger partial charge in [-0.15, -0.1) is 0 Å². The van der Waals surface area contributed by atoms with Crippen LogP contribution in [-0.4, -0.2) is 41.7 Å². The molecule has 146 valence electrons. The zero-order valence-corrected chi connectivity index (χ0v) is 15.9. The first-order valence-corrected chi connectivity index (χ1v) is 9.43. The van der Waals surface area contributed by atoms with Crippen molar-refractivity contribution in [2.45, 2.75) is 32.5 Å². The Labute approximate surface area is 164 Å². The molecule has 1 fully saturated rings. The van der Waals surface area contributed by atoms with E-state index in [9.17, 15) is 10.1 Å². The maximum absolute atomic E-state index is 12.6. The minimum atomic E-state index is -0.192. The number of nitriles is 1. The van der Waals surface area contributed by atoms with Gasteiger partial charge in [-0.1, -0.05) is 6.07 Å². The molecule has 0 radical (unpaired) electrons. The van der Waals surface area contributed by atoms with Crippen molar-refractivity contribution < 1.29 is 14.3 Å². The number of carbonyl (C=O) groups excluding carboxylic acids is 1. The molecule has 3 rings (SSSR count). The minimum absolute atomic E-state index is 0.00490. The molecule has 1 aromatic carbocycles. The van der Waals surface area contributed by atoms with Crippen LogP contribution in [0, 0.1) is 11.3 Å². The molecule has 0 bridgehead atoms. The standard InChI is InChI=1S/C21H24N4O3/c1-2-27-20-8-7-18(11-17(20)12-22)24-21(26)25-10-4-6-19(14-25)28-15-16-5-3-9-23-13-16/h3,5,7-9,11,13,19H,2,4,6,10,14-15H2,1H3,(H,24,26). The first-order valence-electron chi connectivity index (χ1n) is 9.43. The number of hydrogen-bond donors (Lipinski definition) is 1. The number of amides is 2. The zero-order valence-electron chi connectivity index (χ0n) is 15.9. The van der Waals surface area contributed by atoms with Gasteiger partial charge in [0, 0.05) is 31.2 Å². The molecule has 2 heterocycles. The number of piperidine rings is 1. The summed E-state index contributed by atoms with van der Waals surface area (Å²) in [6, 6.07) is 10.8. The summed E-state index contributed by atoms with van der Waals surface area (Å²) >= 11 is 0. The number of ether oxygens (including phenoxy) is 2. The summed E-state index contributed by atoms with van der Waals surface area (Å²) in [6.07, 6.45) is 5.32. The molecular formula is C21H24N4O3. The number of benzene rings is 1. The third-order valence-electron chi connectivity index (χ3n) is 4.52. The molecule has 0 spiro atoms. The van der Waals surface area contributed by atoms with Crippen LogP contribution in [0.1, 0.15) is 30.9 Å². The van der Waals surface area contributed by atoms with Crippen molar-refractivity contribution in [1.82, 2.24) is 9.88 Å². The zero-order chi connectivity index (χ0) is 19.8. The molecule has 1 aromatic heterocycles. The van der Waals surface area contributed by atoms with Gasteiger partial charge in [0.2, 0.25) is 0 Å². The molecule has 2 amide bonds. The average Bonchev–Trinajstić information content (AvgIpc) is 2.74. The fourth-order valence-electron chi connectivity index (χ4n) is 3.14. The third kappa shape index (κ3) is 5.21. The summed E-state index contributed by atoms with van der Waals surface area (Å²) in [6.45, 7) is 4.04. The van der Waals surface area contributed by atoms with Gasteiger partial charge in [-0.2, -0.15) is 5.26 Å². The van der Waals surface area contributed by atoms with Gasteiger partial charge in [-0.05, 0) is 49.6 Å². The van der Waals surface area contributed by atoms with Gasteiger partial charge in [-0.3, -0.25) is 4.98 Å². The van der Waals surface area contributed by atoms with Gasteiger partial charge in [0.15, 0.2) is 0 Å². The number of nitrogens with one attached hydrogen (secondary N) is 1. The van der Waals surface area contributed by atoms with Crippen molar-refractivity contribution in [2.24, 2.45) is 0 Å². The molecule has 0 saturated carbocycles. The van der Waals surface area contributed by atoms with Gasteiger partial charge >= 0.3 is 6.03 Å². The lowest BCUT2D eigenvalue weighted by molar-refractivity contribution is 0.000916. The average molecular weight is 380 g/mol. The van der Waals surface area contributed by atoms with E-state index in [1.807, 2.05) is 19.1 Å². The quantitative estimate of drug-likeness (QED) is 0.828. The van der Waals surface area contributed by atoms with Crippen LogP contribution >= 0.6 is 0 Å². The van der Waals surface area contributed by atoms with Gasteiger partial charge in [0.1, 0.15) is 11.8 Å². The van der Waals surface area contributed by atoms with Crippen LogP contribution in [0.25, 0.3) is 0 Å². The number of anilines is 1. The predicted octanol–water partition coefficient (Wildman–Crippen LogP) is 3.57. The molecule has 7 heteroatoms. The van der Waals surface area contributed by atoms with Gasteiger partial charge in [0.05, 0.1) is 24.9 Å². The van der Waals surface area contributed by atoms with Gasteiger partial charge < -0.3 is 19.7 Å². The highest BCUT2D eigenvalue weighted by molar-refractivity contribution is 5.89. The van der Waals surface area contributed by atoms with Crippen LogP contribution in [0.4, 0.5) is 10.5 Å². The number of aromatic nitrogens is 1. The number of urea groups is 1. The van der Waals surface area contributed by atoms with E-state index in [1.54, 1.807) is 35.5 Å². The number of hydrogen-bond acceptors (Lipinski definition) is 5. The highest BCUT2D eigenvalue weighted by Gasteiger charge is 2.24. The summed E-state index contributed by atoms with van der Waals surface area (Å²) < 4.78 is 11.4. The Bertz CT molecular complexity index is 835. The molecule has 0 aliphatic carbocycles. The molecule has 1 aliphatic rings. The second-order valence-electron chi connectivity index (χ2n) is 6.57. The van der Waals surface area contributed by atoms with Crippen LogP contribution in [0.5, 0.6) is 5.75 Å². The van der Waals surface area contributed by atoms with E-state index in [-0.39, 0.29) is 12.1 Å². The van der Waals surface area contributed by atoms with Crippen LogP contribution in [0.15, 0.2) is 42.7 Å². The van der Waals surface area contributed by atoms with Crippen LogP contribution in [-0.2, 0) is 11.3 Å². The lowest BCUT2D eigenvalue weighted by Crippen LogP contribution is -2.45. The minimum Gasteiger partial charge on any atom is -0.492 e. The summed E-state index contributed by atoms with van der Waals surface area (Å²) in [4.78, 5) is 18.5. The maximum Gasteiger partial charge on any atom is 0.321 e. The SMILES string of the molecule is CCOc1ccc(NC(=O)N2CCCC(OCc3cccnc3)C2)cc1C#N. The second kappa shape index (κ2) is 9.72. The second-order valence-corrected chi connectivity index (χ2v) is 6.57. The molecule has 1 unspecified atom stereocenters. The van der Waals surface area contributed by atoms with Crippen LogP contribution in [0.2, 0.25) is 0 Å². The van der Waals surface area contributed by atoms with Crippen molar-refractivity contribution in [2.75, 3.05) is 25.0 Å². The van der Waals surface area contributed by atoms with E-state index in [0.29, 0.717) is 43.3 Å². The van der Waals surface area contributed by atoms with E-state index in [0.717, 1.165) is 18.4 Å². The van der Waals surface area contributed by atoms with Crippen molar-refractivity contribution in [3.05, 3.63) is 53.9 Å². The largest absolute Gasteiger partial charge is 0.492 e. The Morgan fingerprint density at radius 2 is 2.32 bits per heavy atom. The molecule has 7 nitrogen and oxygen atoms in total. The Morgan fingerprint density at radius 1 is 1.43 bits per heavy atom. The topological polar surface area (TPSA) is 87.5 Å². The normalized spacial score (nSPS) is 16.3. The summed E-state index contributed by atoms with van der Waals surface area (Å²) in [5, 5.41) is 12.1. The first kappa shape index (κ1) is 19.6. The van der Waals surface area contributed by atoms with E-state index in [1.165, 1.54) is 0 Å². The molecular weight excluding hydrogens is 356 g/mol. The summed E-state index contributed by atoms with van der Waals surface area (Å²) in [5.74, 6) is 0.518. The summed E-state index contributed by atoms with van der Waals surface area (Å²) in [7, 11) is 0. The van der Waals surface area contributed by atoms with E-state index < -0.39 is 0 Å². The number of rotatable bonds is 6. The smallest absolute Gasteiger partial charge is 0.321 e. The van der Waals surface area contributed by atoms with E-state index in [2.05, 4.69) is 16.4 Å².